The minimum atomic E-state index is -0.106. The molecule has 0 saturated carbocycles. The minimum absolute atomic E-state index is 0.106. The van der Waals surface area contributed by atoms with E-state index in [0.717, 1.165) is 35.9 Å². The van der Waals surface area contributed by atoms with Crippen LogP contribution in [0.15, 0.2) is 28.7 Å². The summed E-state index contributed by atoms with van der Waals surface area (Å²) >= 11 is 0. The summed E-state index contributed by atoms with van der Waals surface area (Å²) < 4.78 is 5.63. The van der Waals surface area contributed by atoms with Gasteiger partial charge < -0.3 is 9.73 Å². The molecular weight excluding hydrogens is 238 g/mol. The number of aryl methyl sites for hydroxylation is 1. The van der Waals surface area contributed by atoms with Crippen LogP contribution >= 0.6 is 0 Å². The van der Waals surface area contributed by atoms with E-state index in [1.165, 1.54) is 12.8 Å². The fraction of sp³-hybridized carbons (Fsp3) is 0.438. The predicted molar refractivity (Wildman–Crippen MR) is 77.4 cm³/mol. The van der Waals surface area contributed by atoms with Crippen LogP contribution in [0.1, 0.15) is 48.7 Å². The van der Waals surface area contributed by atoms with Crippen molar-refractivity contribution in [2.45, 2.75) is 39.5 Å². The van der Waals surface area contributed by atoms with E-state index in [2.05, 4.69) is 12.2 Å². The number of hydrogen-bond acceptors (Lipinski definition) is 2. The van der Waals surface area contributed by atoms with Crippen LogP contribution in [0.5, 0.6) is 0 Å². The first-order valence-corrected chi connectivity index (χ1v) is 7.00. The number of nitrogens with one attached hydrogen (secondary N) is 1. The summed E-state index contributed by atoms with van der Waals surface area (Å²) in [5.74, 6) is 0.335. The molecule has 2 rings (SSSR count). The lowest BCUT2D eigenvalue weighted by Gasteiger charge is -2.03. The van der Waals surface area contributed by atoms with Crippen molar-refractivity contribution in [2.75, 3.05) is 6.54 Å². The van der Waals surface area contributed by atoms with Crippen LogP contribution in [0.3, 0.4) is 0 Å². The van der Waals surface area contributed by atoms with Crippen molar-refractivity contribution < 1.29 is 9.21 Å². The lowest BCUT2D eigenvalue weighted by atomic mass is 10.1. The largest absolute Gasteiger partial charge is 0.451 e. The molecule has 0 fully saturated rings. The standard InChI is InChI=1S/C16H21NO2/c1-3-4-5-8-11-17-16(18)15-12(2)13-9-6-7-10-14(13)19-15/h6-7,9-10H,3-5,8,11H2,1-2H3,(H,17,18). The number of fused-ring (bicyclic) bond motifs is 1. The topological polar surface area (TPSA) is 42.2 Å². The van der Waals surface area contributed by atoms with Crippen LogP contribution < -0.4 is 5.32 Å². The van der Waals surface area contributed by atoms with Gasteiger partial charge in [0.05, 0.1) is 0 Å². The fourth-order valence-electron chi connectivity index (χ4n) is 2.22. The van der Waals surface area contributed by atoms with Crippen molar-refractivity contribution in [3.05, 3.63) is 35.6 Å². The molecule has 1 N–H and O–H groups in total. The quantitative estimate of drug-likeness (QED) is 0.795. The highest BCUT2D eigenvalue weighted by atomic mass is 16.3. The zero-order valence-corrected chi connectivity index (χ0v) is 11.7. The molecule has 1 aromatic carbocycles. The number of benzene rings is 1. The first kappa shape index (κ1) is 13.7. The van der Waals surface area contributed by atoms with Gasteiger partial charge in [-0.15, -0.1) is 0 Å². The molecule has 0 spiro atoms. The Hall–Kier alpha value is -1.77. The van der Waals surface area contributed by atoms with Crippen LogP contribution in [0.25, 0.3) is 11.0 Å². The normalized spacial score (nSPS) is 10.8. The summed E-state index contributed by atoms with van der Waals surface area (Å²) in [7, 11) is 0. The van der Waals surface area contributed by atoms with Crippen LogP contribution in [-0.4, -0.2) is 12.5 Å². The molecule has 3 heteroatoms. The third-order valence-corrected chi connectivity index (χ3v) is 3.37. The maximum atomic E-state index is 12.1. The van der Waals surface area contributed by atoms with Gasteiger partial charge in [0.25, 0.3) is 5.91 Å². The van der Waals surface area contributed by atoms with Crippen LogP contribution in [0.2, 0.25) is 0 Å². The van der Waals surface area contributed by atoms with Crippen molar-refractivity contribution in [3.63, 3.8) is 0 Å². The average Bonchev–Trinajstić information content (AvgIpc) is 2.76. The lowest BCUT2D eigenvalue weighted by Crippen LogP contribution is -2.24. The Labute approximate surface area is 114 Å². The van der Waals surface area contributed by atoms with Crippen LogP contribution in [0.4, 0.5) is 0 Å². The van der Waals surface area contributed by atoms with Crippen molar-refractivity contribution in [1.29, 1.82) is 0 Å². The van der Waals surface area contributed by atoms with Gasteiger partial charge in [-0.3, -0.25) is 4.79 Å². The van der Waals surface area contributed by atoms with E-state index in [-0.39, 0.29) is 5.91 Å². The number of hydrogen-bond donors (Lipinski definition) is 1. The van der Waals surface area contributed by atoms with E-state index in [0.29, 0.717) is 5.76 Å². The van der Waals surface area contributed by atoms with E-state index in [1.54, 1.807) is 0 Å². The molecule has 1 aromatic heterocycles. The number of furan rings is 1. The third-order valence-electron chi connectivity index (χ3n) is 3.37. The molecule has 0 bridgehead atoms. The van der Waals surface area contributed by atoms with E-state index >= 15 is 0 Å². The first-order valence-electron chi connectivity index (χ1n) is 7.00. The highest BCUT2D eigenvalue weighted by Gasteiger charge is 2.16. The Kier molecular flexibility index (Phi) is 4.61. The lowest BCUT2D eigenvalue weighted by molar-refractivity contribution is 0.0926. The number of rotatable bonds is 6. The van der Waals surface area contributed by atoms with Crippen molar-refractivity contribution in [3.8, 4) is 0 Å². The van der Waals surface area contributed by atoms with E-state index in [9.17, 15) is 4.79 Å². The van der Waals surface area contributed by atoms with Gasteiger partial charge in [-0.1, -0.05) is 44.4 Å². The number of amides is 1. The molecule has 0 aliphatic heterocycles. The van der Waals surface area contributed by atoms with Crippen molar-refractivity contribution in [1.82, 2.24) is 5.32 Å². The highest BCUT2D eigenvalue weighted by Crippen LogP contribution is 2.24. The molecule has 1 amide bonds. The first-order chi connectivity index (χ1) is 9.24. The Morgan fingerprint density at radius 3 is 2.74 bits per heavy atom. The molecule has 0 radical (unpaired) electrons. The Balaban J connectivity index is 1.99. The zero-order valence-electron chi connectivity index (χ0n) is 11.7. The molecule has 0 atom stereocenters. The smallest absolute Gasteiger partial charge is 0.287 e. The maximum Gasteiger partial charge on any atom is 0.287 e. The molecule has 0 aliphatic rings. The molecule has 102 valence electrons. The van der Waals surface area contributed by atoms with Crippen LogP contribution in [-0.2, 0) is 0 Å². The monoisotopic (exact) mass is 259 g/mol. The summed E-state index contributed by atoms with van der Waals surface area (Å²) in [6.07, 6.45) is 4.62. The second-order valence-electron chi connectivity index (χ2n) is 4.87. The Morgan fingerprint density at radius 2 is 2.00 bits per heavy atom. The van der Waals surface area contributed by atoms with Crippen molar-refractivity contribution in [2.24, 2.45) is 0 Å². The predicted octanol–water partition coefficient (Wildman–Crippen LogP) is 4.05. The molecule has 0 aliphatic carbocycles. The van der Waals surface area contributed by atoms with Gasteiger partial charge in [0, 0.05) is 17.5 Å². The summed E-state index contributed by atoms with van der Waals surface area (Å²) in [5.41, 5.74) is 1.69. The molecule has 0 saturated heterocycles. The van der Waals surface area contributed by atoms with E-state index in [4.69, 9.17) is 4.42 Å². The van der Waals surface area contributed by atoms with Gasteiger partial charge in [-0.2, -0.15) is 0 Å². The van der Waals surface area contributed by atoms with E-state index in [1.807, 2.05) is 31.2 Å². The highest BCUT2D eigenvalue weighted by molar-refractivity contribution is 5.98. The number of carbonyl (C=O) groups excluding carboxylic acids is 1. The summed E-state index contributed by atoms with van der Waals surface area (Å²) in [6, 6.07) is 7.74. The number of carbonyl (C=O) groups is 1. The van der Waals surface area contributed by atoms with E-state index < -0.39 is 0 Å². The van der Waals surface area contributed by atoms with Gasteiger partial charge in [0.1, 0.15) is 5.58 Å². The summed E-state index contributed by atoms with van der Waals surface area (Å²) in [4.78, 5) is 12.1. The minimum Gasteiger partial charge on any atom is -0.451 e. The SMILES string of the molecule is CCCCCCNC(=O)c1oc2ccccc2c1C. The van der Waals surface area contributed by atoms with Gasteiger partial charge in [-0.25, -0.2) is 0 Å². The Bertz CT molecular complexity index is 557. The van der Waals surface area contributed by atoms with Crippen molar-refractivity contribution >= 4 is 16.9 Å². The zero-order chi connectivity index (χ0) is 13.7. The number of unbranched alkanes of at least 4 members (excludes halogenated alkanes) is 3. The van der Waals surface area contributed by atoms with Gasteiger partial charge in [0.15, 0.2) is 5.76 Å². The molecule has 0 unspecified atom stereocenters. The number of para-hydroxylation sites is 1. The molecule has 2 aromatic rings. The molecule has 3 nitrogen and oxygen atoms in total. The summed E-state index contributed by atoms with van der Waals surface area (Å²) in [6.45, 7) is 4.82. The molecular formula is C16H21NO2. The van der Waals surface area contributed by atoms with Gasteiger partial charge >= 0.3 is 0 Å². The summed E-state index contributed by atoms with van der Waals surface area (Å²) in [5, 5.41) is 3.94. The maximum absolute atomic E-state index is 12.1. The second-order valence-corrected chi connectivity index (χ2v) is 4.87. The Morgan fingerprint density at radius 1 is 1.21 bits per heavy atom. The molecule has 1 heterocycles. The van der Waals surface area contributed by atoms with Crippen LogP contribution in [0, 0.1) is 6.92 Å². The van der Waals surface area contributed by atoms with Gasteiger partial charge in [-0.05, 0) is 19.4 Å². The molecule has 19 heavy (non-hydrogen) atoms. The second kappa shape index (κ2) is 6.41. The van der Waals surface area contributed by atoms with Gasteiger partial charge in [0.2, 0.25) is 0 Å². The fourth-order valence-corrected chi connectivity index (χ4v) is 2.22. The third kappa shape index (κ3) is 3.16. The average molecular weight is 259 g/mol.